The third-order valence-corrected chi connectivity index (χ3v) is 8.30. The molecule has 1 aromatic heterocycles. The number of hydroxylamine groups is 1. The second kappa shape index (κ2) is 10.6. The van der Waals surface area contributed by atoms with Crippen LogP contribution in [0, 0.1) is 5.92 Å². The van der Waals surface area contributed by atoms with Gasteiger partial charge in [0.25, 0.3) is 5.91 Å². The molecule has 2 bridgehead atoms. The largest absolute Gasteiger partial charge is 0.491 e. The van der Waals surface area contributed by atoms with Crippen molar-refractivity contribution >= 4 is 21.8 Å². The van der Waals surface area contributed by atoms with E-state index in [9.17, 15) is 23.2 Å². The van der Waals surface area contributed by atoms with E-state index in [1.54, 1.807) is 48.5 Å². The van der Waals surface area contributed by atoms with Crippen molar-refractivity contribution in [3.63, 3.8) is 0 Å². The number of nitrogens with one attached hydrogen (secondary N) is 1. The summed E-state index contributed by atoms with van der Waals surface area (Å²) >= 11 is 0. The van der Waals surface area contributed by atoms with Gasteiger partial charge in [-0.1, -0.05) is 13.8 Å². The van der Waals surface area contributed by atoms with E-state index in [0.29, 0.717) is 24.3 Å². The predicted molar refractivity (Wildman–Crippen MR) is 133 cm³/mol. The molecule has 2 aliphatic heterocycles. The van der Waals surface area contributed by atoms with Crippen LogP contribution in [-0.2, 0) is 19.6 Å². The van der Waals surface area contributed by atoms with Crippen molar-refractivity contribution in [1.82, 2.24) is 19.7 Å². The first kappa shape index (κ1) is 26.8. The minimum absolute atomic E-state index is 0.0415. The summed E-state index contributed by atoms with van der Waals surface area (Å²) in [6.45, 7) is 7.32. The molecule has 0 spiro atoms. The molecule has 0 unspecified atom stereocenters. The van der Waals surface area contributed by atoms with Crippen molar-refractivity contribution in [3.8, 4) is 17.4 Å². The first-order valence-electron chi connectivity index (χ1n) is 12.2. The smallest absolute Gasteiger partial charge is 0.263 e. The fraction of sp³-hybridized carbons (Fsp3) is 0.480. The Balaban J connectivity index is 1.55. The Hall–Kier alpha value is -3.22. The van der Waals surface area contributed by atoms with Crippen LogP contribution in [0.3, 0.4) is 0 Å². The second-order valence-electron chi connectivity index (χ2n) is 9.77. The number of pyridine rings is 1. The number of sulfonamides is 1. The van der Waals surface area contributed by atoms with Gasteiger partial charge in [0.1, 0.15) is 22.4 Å². The number of carbonyl (C=O) groups excluding carboxylic acids is 2. The number of aromatic nitrogens is 1. The third-order valence-electron chi connectivity index (χ3n) is 6.47. The maximum atomic E-state index is 13.6. The number of piperazine rings is 1. The fourth-order valence-corrected chi connectivity index (χ4v) is 6.47. The number of ether oxygens (including phenoxy) is 2. The molecule has 3 heterocycles. The molecule has 3 atom stereocenters. The molecule has 0 radical (unpaired) electrons. The first-order valence-corrected chi connectivity index (χ1v) is 13.7. The lowest BCUT2D eigenvalue weighted by molar-refractivity contribution is -0.146. The van der Waals surface area contributed by atoms with Gasteiger partial charge in [-0.15, -0.1) is 0 Å². The van der Waals surface area contributed by atoms with Gasteiger partial charge in [0.2, 0.25) is 21.8 Å². The van der Waals surface area contributed by atoms with Crippen LogP contribution in [0.15, 0.2) is 47.5 Å². The topological polar surface area (TPSA) is 138 Å². The van der Waals surface area contributed by atoms with Gasteiger partial charge < -0.3 is 14.4 Å². The summed E-state index contributed by atoms with van der Waals surface area (Å²) < 4.78 is 39.6. The molecular formula is C25H32N4O7S. The highest BCUT2D eigenvalue weighted by Gasteiger charge is 2.54. The lowest BCUT2D eigenvalue weighted by Crippen LogP contribution is -2.66. The number of amides is 2. The molecule has 4 rings (SSSR count). The van der Waals surface area contributed by atoms with E-state index in [1.807, 2.05) is 13.8 Å². The van der Waals surface area contributed by atoms with Crippen molar-refractivity contribution < 1.29 is 32.7 Å². The van der Waals surface area contributed by atoms with Crippen LogP contribution in [0.5, 0.6) is 17.4 Å². The van der Waals surface area contributed by atoms with Gasteiger partial charge in [0.15, 0.2) is 0 Å². The molecule has 1 aromatic carbocycles. The molecule has 0 aliphatic carbocycles. The number of rotatable bonds is 8. The van der Waals surface area contributed by atoms with Crippen molar-refractivity contribution in [3.05, 3.63) is 42.6 Å². The molecule has 11 nitrogen and oxygen atoms in total. The SMILES string of the molecule is CC(C)Oc1ccc(Oc2ccc(S(=O)(=O)N3C[C@H]4CC[C@@H]([C@@H]3C(=O)NO)N4C(=O)C(C)C)cn2)cc1. The zero-order valence-corrected chi connectivity index (χ0v) is 22.0. The molecule has 2 N–H and O–H groups in total. The van der Waals surface area contributed by atoms with Crippen molar-refractivity contribution in [2.45, 2.75) is 69.7 Å². The average molecular weight is 533 g/mol. The van der Waals surface area contributed by atoms with Crippen LogP contribution < -0.4 is 15.0 Å². The number of benzene rings is 1. The summed E-state index contributed by atoms with van der Waals surface area (Å²) in [6, 6.07) is 7.46. The van der Waals surface area contributed by atoms with Gasteiger partial charge in [-0.25, -0.2) is 18.9 Å². The van der Waals surface area contributed by atoms with Crippen molar-refractivity contribution in [2.75, 3.05) is 6.54 Å². The summed E-state index contributed by atoms with van der Waals surface area (Å²) in [5.74, 6) is 0.0534. The van der Waals surface area contributed by atoms with Gasteiger partial charge in [-0.05, 0) is 57.0 Å². The summed E-state index contributed by atoms with van der Waals surface area (Å²) in [5, 5.41) is 9.38. The highest BCUT2D eigenvalue weighted by molar-refractivity contribution is 7.89. The van der Waals surface area contributed by atoms with E-state index in [-0.39, 0.29) is 41.3 Å². The quantitative estimate of drug-likeness (QED) is 0.391. The summed E-state index contributed by atoms with van der Waals surface area (Å²) in [6.07, 6.45) is 2.23. The molecule has 200 valence electrons. The molecule has 2 aliphatic rings. The summed E-state index contributed by atoms with van der Waals surface area (Å²) in [4.78, 5) is 31.1. The van der Waals surface area contributed by atoms with Crippen LogP contribution >= 0.6 is 0 Å². The minimum Gasteiger partial charge on any atom is -0.491 e. The number of hydrogen-bond acceptors (Lipinski definition) is 8. The Morgan fingerprint density at radius 1 is 1.05 bits per heavy atom. The second-order valence-corrected chi connectivity index (χ2v) is 11.7. The van der Waals surface area contributed by atoms with E-state index >= 15 is 0 Å². The Bertz CT molecular complexity index is 1230. The summed E-state index contributed by atoms with van der Waals surface area (Å²) in [7, 11) is -4.18. The zero-order chi connectivity index (χ0) is 26.9. The molecule has 37 heavy (non-hydrogen) atoms. The Kier molecular flexibility index (Phi) is 7.72. The lowest BCUT2D eigenvalue weighted by Gasteiger charge is -2.45. The van der Waals surface area contributed by atoms with Gasteiger partial charge in [0.05, 0.1) is 18.3 Å². The van der Waals surface area contributed by atoms with Gasteiger partial charge in [0, 0.05) is 24.6 Å². The Labute approximate surface area is 216 Å². The summed E-state index contributed by atoms with van der Waals surface area (Å²) in [5.41, 5.74) is 1.58. The lowest BCUT2D eigenvalue weighted by atomic mass is 10.0. The fourth-order valence-electron chi connectivity index (χ4n) is 4.87. The maximum absolute atomic E-state index is 13.6. The molecule has 2 fully saturated rings. The van der Waals surface area contributed by atoms with E-state index in [1.165, 1.54) is 18.3 Å². The Morgan fingerprint density at radius 3 is 2.30 bits per heavy atom. The van der Waals surface area contributed by atoms with Gasteiger partial charge >= 0.3 is 0 Å². The zero-order valence-electron chi connectivity index (χ0n) is 21.2. The van der Waals surface area contributed by atoms with E-state index < -0.39 is 28.0 Å². The molecular weight excluding hydrogens is 500 g/mol. The maximum Gasteiger partial charge on any atom is 0.263 e. The average Bonchev–Trinajstić information content (AvgIpc) is 3.16. The van der Waals surface area contributed by atoms with Crippen LogP contribution in [0.1, 0.15) is 40.5 Å². The van der Waals surface area contributed by atoms with Crippen LogP contribution in [0.4, 0.5) is 0 Å². The molecule has 2 saturated heterocycles. The minimum atomic E-state index is -4.18. The third kappa shape index (κ3) is 5.41. The monoisotopic (exact) mass is 532 g/mol. The molecule has 0 saturated carbocycles. The van der Waals surface area contributed by atoms with Crippen LogP contribution in [-0.4, -0.2) is 70.4 Å². The first-order chi connectivity index (χ1) is 17.5. The van der Waals surface area contributed by atoms with Gasteiger partial charge in [-0.2, -0.15) is 4.31 Å². The number of carbonyl (C=O) groups is 2. The van der Waals surface area contributed by atoms with Gasteiger partial charge in [-0.3, -0.25) is 14.8 Å². The molecule has 2 amide bonds. The van der Waals surface area contributed by atoms with Crippen molar-refractivity contribution in [2.24, 2.45) is 5.92 Å². The van der Waals surface area contributed by atoms with Crippen molar-refractivity contribution in [1.29, 1.82) is 0 Å². The van der Waals surface area contributed by atoms with Crippen LogP contribution in [0.25, 0.3) is 0 Å². The highest BCUT2D eigenvalue weighted by atomic mass is 32.2. The number of hydrogen-bond donors (Lipinski definition) is 2. The standard InChI is InChI=1S/C25H32N4O7S/c1-15(2)25(31)29-17-5-11-21(29)23(24(30)27-32)28(14-17)37(33,34)20-10-12-22(26-13-20)36-19-8-6-18(7-9-19)35-16(3)4/h6-10,12-13,15-17,21,23,32H,5,11,14H2,1-4H3,(H,27,30)/t17-,21+,23-/m1/s1. The highest BCUT2D eigenvalue weighted by Crippen LogP contribution is 2.38. The number of nitrogens with zero attached hydrogens (tertiary/aromatic N) is 3. The normalized spacial score (nSPS) is 21.8. The van der Waals surface area contributed by atoms with Crippen LogP contribution in [0.2, 0.25) is 0 Å². The van der Waals surface area contributed by atoms with E-state index in [0.717, 1.165) is 4.31 Å². The van der Waals surface area contributed by atoms with E-state index in [4.69, 9.17) is 9.47 Å². The molecule has 12 heteroatoms. The molecule has 2 aromatic rings. The number of fused-ring (bicyclic) bond motifs is 2. The Morgan fingerprint density at radius 2 is 1.73 bits per heavy atom. The predicted octanol–water partition coefficient (Wildman–Crippen LogP) is 2.55. The van der Waals surface area contributed by atoms with E-state index in [2.05, 4.69) is 4.98 Å².